The van der Waals surface area contributed by atoms with Gasteiger partial charge in [-0.1, -0.05) is 0 Å². The van der Waals surface area contributed by atoms with Crippen molar-refractivity contribution in [1.29, 1.82) is 0 Å². The molecule has 0 aromatic heterocycles. The van der Waals surface area contributed by atoms with Crippen LogP contribution in [0.3, 0.4) is 0 Å². The average Bonchev–Trinajstić information content (AvgIpc) is 2.91. The molecule has 4 fully saturated rings. The monoisotopic (exact) mass is 179 g/mol. The van der Waals surface area contributed by atoms with E-state index in [9.17, 15) is 5.11 Å². The zero-order valence-electron chi connectivity index (χ0n) is 8.00. The molecule has 0 amide bonds. The number of fused-ring (bicyclic) bond motifs is 3. The van der Waals surface area contributed by atoms with Crippen LogP contribution >= 0.6 is 0 Å². The molecule has 0 radical (unpaired) electrons. The molecule has 2 heteroatoms. The van der Waals surface area contributed by atoms with Crippen molar-refractivity contribution in [3.05, 3.63) is 0 Å². The highest BCUT2D eigenvalue weighted by Gasteiger charge is 2.75. The second-order valence-electron chi connectivity index (χ2n) is 5.71. The third-order valence-electron chi connectivity index (χ3n) is 5.24. The molecule has 2 aliphatic carbocycles. The van der Waals surface area contributed by atoms with Crippen molar-refractivity contribution in [2.24, 2.45) is 10.8 Å². The van der Waals surface area contributed by atoms with E-state index in [4.69, 9.17) is 0 Å². The minimum absolute atomic E-state index is 0.00229. The molecular weight excluding hydrogens is 162 g/mol. The molecule has 2 nitrogen and oxygen atoms in total. The second kappa shape index (κ2) is 1.82. The molecular formula is C11H17NO. The zero-order chi connectivity index (χ0) is 8.68. The van der Waals surface area contributed by atoms with Gasteiger partial charge in [0.1, 0.15) is 0 Å². The molecule has 0 unspecified atom stereocenters. The summed E-state index contributed by atoms with van der Waals surface area (Å²) in [5.74, 6) is 0. The van der Waals surface area contributed by atoms with Gasteiger partial charge in [0.15, 0.2) is 0 Å². The van der Waals surface area contributed by atoms with Gasteiger partial charge in [-0.15, -0.1) is 0 Å². The maximum atomic E-state index is 9.99. The van der Waals surface area contributed by atoms with Gasteiger partial charge in [0.25, 0.3) is 0 Å². The molecule has 2 atom stereocenters. The minimum Gasteiger partial charge on any atom is -0.391 e. The first-order chi connectivity index (χ1) is 6.28. The topological polar surface area (TPSA) is 23.5 Å². The number of nitrogens with zero attached hydrogens (tertiary/aromatic N) is 1. The summed E-state index contributed by atoms with van der Waals surface area (Å²) in [5, 5.41) is 9.99. The summed E-state index contributed by atoms with van der Waals surface area (Å²) in [6.07, 6.45) is 6.75. The summed E-state index contributed by atoms with van der Waals surface area (Å²) in [7, 11) is 0. The Balaban J connectivity index is 1.78. The van der Waals surface area contributed by atoms with Gasteiger partial charge in [-0.05, 0) is 42.9 Å². The fourth-order valence-corrected chi connectivity index (χ4v) is 4.36. The fourth-order valence-electron chi connectivity index (χ4n) is 4.36. The van der Waals surface area contributed by atoms with Crippen molar-refractivity contribution in [3.8, 4) is 0 Å². The molecule has 2 saturated heterocycles. The van der Waals surface area contributed by atoms with Crippen LogP contribution in [0.15, 0.2) is 0 Å². The highest BCUT2D eigenvalue weighted by Crippen LogP contribution is 2.77. The summed E-state index contributed by atoms with van der Waals surface area (Å²) in [4.78, 5) is 2.59. The van der Waals surface area contributed by atoms with E-state index in [1.54, 1.807) is 0 Å². The molecule has 2 saturated carbocycles. The van der Waals surface area contributed by atoms with Gasteiger partial charge in [-0.3, -0.25) is 4.90 Å². The zero-order valence-corrected chi connectivity index (χ0v) is 8.00. The number of hydrogen-bond acceptors (Lipinski definition) is 2. The normalized spacial score (nSPS) is 48.7. The van der Waals surface area contributed by atoms with Gasteiger partial charge in [0, 0.05) is 19.1 Å². The van der Waals surface area contributed by atoms with Crippen molar-refractivity contribution in [3.63, 3.8) is 0 Å². The molecule has 0 aromatic rings. The lowest BCUT2D eigenvalue weighted by Crippen LogP contribution is -2.35. The summed E-state index contributed by atoms with van der Waals surface area (Å²) in [5.41, 5.74) is 1.29. The Morgan fingerprint density at radius 2 is 1.92 bits per heavy atom. The lowest BCUT2D eigenvalue weighted by molar-refractivity contribution is 0.0987. The van der Waals surface area contributed by atoms with E-state index in [0.29, 0.717) is 16.9 Å². The van der Waals surface area contributed by atoms with Crippen LogP contribution in [0, 0.1) is 10.8 Å². The fraction of sp³-hybridized carbons (Fsp3) is 1.00. The molecule has 4 aliphatic rings. The SMILES string of the molecule is O[C@@H]1CCN2CC3(CC3)C3(CC3)[C@@H]12. The molecule has 0 aromatic carbocycles. The Morgan fingerprint density at radius 1 is 1.15 bits per heavy atom. The second-order valence-corrected chi connectivity index (χ2v) is 5.71. The van der Waals surface area contributed by atoms with Crippen molar-refractivity contribution >= 4 is 0 Å². The summed E-state index contributed by atoms with van der Waals surface area (Å²) < 4.78 is 0. The maximum Gasteiger partial charge on any atom is 0.0713 e. The Bertz CT molecular complexity index is 267. The van der Waals surface area contributed by atoms with Gasteiger partial charge in [0.05, 0.1) is 6.10 Å². The molecule has 1 N–H and O–H groups in total. The van der Waals surface area contributed by atoms with Crippen LogP contribution < -0.4 is 0 Å². The summed E-state index contributed by atoms with van der Waals surface area (Å²) in [6.45, 7) is 2.48. The summed E-state index contributed by atoms with van der Waals surface area (Å²) >= 11 is 0. The van der Waals surface area contributed by atoms with Gasteiger partial charge < -0.3 is 5.11 Å². The van der Waals surface area contributed by atoms with Crippen molar-refractivity contribution < 1.29 is 5.11 Å². The molecule has 4 rings (SSSR count). The Labute approximate surface area is 78.9 Å². The van der Waals surface area contributed by atoms with Crippen LogP contribution in [0.2, 0.25) is 0 Å². The molecule has 13 heavy (non-hydrogen) atoms. The molecule has 0 bridgehead atoms. The Hall–Kier alpha value is -0.0800. The molecule has 72 valence electrons. The van der Waals surface area contributed by atoms with Crippen LogP contribution in [0.1, 0.15) is 32.1 Å². The van der Waals surface area contributed by atoms with Crippen molar-refractivity contribution in [2.75, 3.05) is 13.1 Å². The van der Waals surface area contributed by atoms with E-state index >= 15 is 0 Å². The van der Waals surface area contributed by atoms with Crippen LogP contribution in [0.4, 0.5) is 0 Å². The first-order valence-corrected chi connectivity index (χ1v) is 5.70. The van der Waals surface area contributed by atoms with E-state index in [-0.39, 0.29) is 6.10 Å². The van der Waals surface area contributed by atoms with E-state index in [1.807, 2.05) is 0 Å². The van der Waals surface area contributed by atoms with Crippen LogP contribution in [0.5, 0.6) is 0 Å². The standard InChI is InChI=1S/C11H17NO/c13-8-1-6-12-7-10(2-3-10)11(4-5-11)9(8)12/h8-9,13H,1-7H2/t8-,9-/m1/s1. The Kier molecular flexibility index (Phi) is 1.02. The predicted molar refractivity (Wildman–Crippen MR) is 49.3 cm³/mol. The van der Waals surface area contributed by atoms with Gasteiger partial charge in [-0.2, -0.15) is 0 Å². The molecule has 2 aliphatic heterocycles. The van der Waals surface area contributed by atoms with Crippen molar-refractivity contribution in [1.82, 2.24) is 4.90 Å². The van der Waals surface area contributed by atoms with Gasteiger partial charge in [0.2, 0.25) is 0 Å². The van der Waals surface area contributed by atoms with E-state index < -0.39 is 0 Å². The van der Waals surface area contributed by atoms with Gasteiger partial charge >= 0.3 is 0 Å². The van der Waals surface area contributed by atoms with E-state index in [0.717, 1.165) is 13.0 Å². The lowest BCUT2D eigenvalue weighted by Gasteiger charge is -2.25. The van der Waals surface area contributed by atoms with Crippen LogP contribution in [0.25, 0.3) is 0 Å². The first-order valence-electron chi connectivity index (χ1n) is 5.70. The highest BCUT2D eigenvalue weighted by atomic mass is 16.3. The number of aliphatic hydroxyl groups is 1. The summed E-state index contributed by atoms with van der Waals surface area (Å²) in [6, 6.07) is 0.565. The molecule has 2 heterocycles. The third-order valence-corrected chi connectivity index (χ3v) is 5.24. The average molecular weight is 179 g/mol. The Morgan fingerprint density at radius 3 is 2.54 bits per heavy atom. The maximum absolute atomic E-state index is 9.99. The number of aliphatic hydroxyl groups excluding tert-OH is 1. The lowest BCUT2D eigenvalue weighted by atomic mass is 9.82. The largest absolute Gasteiger partial charge is 0.391 e. The molecule has 2 spiro atoms. The number of rotatable bonds is 0. The first kappa shape index (κ1) is 7.24. The smallest absolute Gasteiger partial charge is 0.0713 e. The number of hydrogen-bond donors (Lipinski definition) is 1. The van der Waals surface area contributed by atoms with E-state index in [2.05, 4.69) is 4.90 Å². The van der Waals surface area contributed by atoms with Crippen molar-refractivity contribution in [2.45, 2.75) is 44.2 Å². The quantitative estimate of drug-likeness (QED) is 0.599. The predicted octanol–water partition coefficient (Wildman–Crippen LogP) is 0.996. The minimum atomic E-state index is 0.00229. The van der Waals surface area contributed by atoms with E-state index in [1.165, 1.54) is 32.2 Å². The van der Waals surface area contributed by atoms with Gasteiger partial charge in [-0.25, -0.2) is 0 Å². The third kappa shape index (κ3) is 0.637. The van der Waals surface area contributed by atoms with Crippen LogP contribution in [-0.4, -0.2) is 35.2 Å². The van der Waals surface area contributed by atoms with Crippen LogP contribution in [-0.2, 0) is 0 Å². The highest BCUT2D eigenvalue weighted by molar-refractivity contribution is 5.26.